The number of piperidine rings is 1. The minimum atomic E-state index is -4.62. The van der Waals surface area contributed by atoms with E-state index in [4.69, 9.17) is 0 Å². The molecule has 5 rings (SSSR count). The van der Waals surface area contributed by atoms with Crippen molar-refractivity contribution in [2.45, 2.75) is 43.4 Å². The number of benzene rings is 1. The highest BCUT2D eigenvalue weighted by molar-refractivity contribution is 5.98. The number of halogens is 3. The summed E-state index contributed by atoms with van der Waals surface area (Å²) >= 11 is 0. The molecule has 2 aliphatic rings. The van der Waals surface area contributed by atoms with Gasteiger partial charge < -0.3 is 20.4 Å². The van der Waals surface area contributed by atoms with Crippen LogP contribution in [0.25, 0.3) is 22.2 Å². The number of rotatable bonds is 4. The van der Waals surface area contributed by atoms with Crippen LogP contribution in [-0.2, 0) is 10.9 Å². The summed E-state index contributed by atoms with van der Waals surface area (Å²) in [5.41, 5.74) is 0.446. The van der Waals surface area contributed by atoms with Crippen LogP contribution in [0.3, 0.4) is 0 Å². The number of nitrogens with zero attached hydrogens (tertiary/aromatic N) is 2. The number of amides is 1. The van der Waals surface area contributed by atoms with Crippen molar-refractivity contribution >= 4 is 28.6 Å². The van der Waals surface area contributed by atoms with Crippen molar-refractivity contribution in [3.63, 3.8) is 0 Å². The highest BCUT2D eigenvalue weighted by Crippen LogP contribution is 2.42. The summed E-state index contributed by atoms with van der Waals surface area (Å²) in [6.45, 7) is 0.725. The van der Waals surface area contributed by atoms with Crippen molar-refractivity contribution in [2.75, 3.05) is 24.3 Å². The number of carbonyl (C=O) groups is 1. The summed E-state index contributed by atoms with van der Waals surface area (Å²) in [6, 6.07) is 4.88. The lowest BCUT2D eigenvalue weighted by molar-refractivity contribution is -0.137. The molecule has 3 heterocycles. The van der Waals surface area contributed by atoms with E-state index in [0.717, 1.165) is 25.6 Å². The standard InChI is InChI=1S/C22H23F3N6O2/c1-33-20(32)30-12-2-3-14-15(10-26-17(14)8-12)18-16(22(23,24)25)11-27-19(31-18)29-13-4-5-21(6-7-21)28-9-13/h2-3,8,10-11,13,26,28H,4-7,9H2,1H3,(H,30,32)(H,27,29,31)/t13-/m0/s1. The molecule has 2 fully saturated rings. The van der Waals surface area contributed by atoms with Crippen molar-refractivity contribution in [1.29, 1.82) is 0 Å². The fraction of sp³-hybridized carbons (Fsp3) is 0.409. The summed E-state index contributed by atoms with van der Waals surface area (Å²) < 4.78 is 45.9. The Labute approximate surface area is 187 Å². The van der Waals surface area contributed by atoms with Crippen LogP contribution in [0.4, 0.5) is 29.6 Å². The largest absolute Gasteiger partial charge is 0.453 e. The number of aromatic amines is 1. The number of anilines is 2. The Bertz CT molecular complexity index is 1190. The highest BCUT2D eigenvalue weighted by Gasteiger charge is 2.44. The van der Waals surface area contributed by atoms with Crippen LogP contribution >= 0.6 is 0 Å². The molecule has 0 radical (unpaired) electrons. The van der Waals surface area contributed by atoms with Crippen LogP contribution in [0, 0.1) is 0 Å². The topological polar surface area (TPSA) is 104 Å². The minimum Gasteiger partial charge on any atom is -0.453 e. The Hall–Kier alpha value is -3.34. The maximum atomic E-state index is 13.8. The summed E-state index contributed by atoms with van der Waals surface area (Å²) in [5, 5.41) is 9.78. The zero-order valence-corrected chi connectivity index (χ0v) is 17.8. The third kappa shape index (κ3) is 4.32. The Morgan fingerprint density at radius 2 is 2.09 bits per heavy atom. The van der Waals surface area contributed by atoms with Gasteiger partial charge in [-0.1, -0.05) is 6.07 Å². The molecule has 1 aromatic carbocycles. The second kappa shape index (κ2) is 7.91. The third-order valence-electron chi connectivity index (χ3n) is 6.34. The Kier molecular flexibility index (Phi) is 5.15. The molecule has 1 amide bonds. The molecule has 1 atom stereocenters. The minimum absolute atomic E-state index is 0.0516. The number of alkyl halides is 3. The first-order valence-corrected chi connectivity index (χ1v) is 10.7. The van der Waals surface area contributed by atoms with Crippen molar-refractivity contribution in [1.82, 2.24) is 20.3 Å². The van der Waals surface area contributed by atoms with Crippen molar-refractivity contribution < 1.29 is 22.7 Å². The summed E-state index contributed by atoms with van der Waals surface area (Å²) in [6.07, 6.45) is 1.35. The molecule has 11 heteroatoms. The lowest BCUT2D eigenvalue weighted by Gasteiger charge is -2.30. The summed E-state index contributed by atoms with van der Waals surface area (Å²) in [4.78, 5) is 22.6. The van der Waals surface area contributed by atoms with E-state index in [9.17, 15) is 18.0 Å². The van der Waals surface area contributed by atoms with Crippen molar-refractivity contribution in [3.05, 3.63) is 36.2 Å². The maximum absolute atomic E-state index is 13.8. The molecular weight excluding hydrogens is 437 g/mol. The molecule has 3 aromatic rings. The molecule has 174 valence electrons. The number of aromatic nitrogens is 3. The van der Waals surface area contributed by atoms with Gasteiger partial charge in [-0.2, -0.15) is 13.2 Å². The summed E-state index contributed by atoms with van der Waals surface area (Å²) in [7, 11) is 1.24. The molecular formula is C22H23F3N6O2. The first-order chi connectivity index (χ1) is 15.8. The Morgan fingerprint density at radius 1 is 1.27 bits per heavy atom. The monoisotopic (exact) mass is 460 g/mol. The fourth-order valence-electron chi connectivity index (χ4n) is 4.30. The van der Waals surface area contributed by atoms with E-state index in [1.807, 2.05) is 0 Å². The number of nitrogens with one attached hydrogen (secondary N) is 4. The van der Waals surface area contributed by atoms with E-state index in [1.54, 1.807) is 18.2 Å². The summed E-state index contributed by atoms with van der Waals surface area (Å²) in [5.74, 6) is 0.162. The average molecular weight is 460 g/mol. The molecule has 8 nitrogen and oxygen atoms in total. The number of hydrogen-bond acceptors (Lipinski definition) is 6. The highest BCUT2D eigenvalue weighted by atomic mass is 19.4. The third-order valence-corrected chi connectivity index (χ3v) is 6.34. The average Bonchev–Trinajstić information content (AvgIpc) is 3.41. The molecule has 1 spiro atoms. The molecule has 1 aliphatic carbocycles. The lowest BCUT2D eigenvalue weighted by Crippen LogP contribution is -2.46. The first kappa shape index (κ1) is 21.5. The normalized spacial score (nSPS) is 19.5. The molecule has 1 saturated heterocycles. The van der Waals surface area contributed by atoms with Crippen LogP contribution in [0.5, 0.6) is 0 Å². The number of fused-ring (bicyclic) bond motifs is 1. The van der Waals surface area contributed by atoms with Gasteiger partial charge in [0, 0.05) is 52.7 Å². The molecule has 0 bridgehead atoms. The van der Waals surface area contributed by atoms with Gasteiger partial charge >= 0.3 is 12.3 Å². The van der Waals surface area contributed by atoms with Crippen molar-refractivity contribution in [2.24, 2.45) is 0 Å². The number of methoxy groups -OCH3 is 1. The predicted molar refractivity (Wildman–Crippen MR) is 117 cm³/mol. The maximum Gasteiger partial charge on any atom is 0.419 e. The number of ether oxygens (including phenoxy) is 1. The fourth-order valence-corrected chi connectivity index (χ4v) is 4.30. The Balaban J connectivity index is 1.47. The molecule has 2 aromatic heterocycles. The second-order valence-corrected chi connectivity index (χ2v) is 8.57. The van der Waals surface area contributed by atoms with Gasteiger partial charge in [0.2, 0.25) is 5.95 Å². The smallest absolute Gasteiger partial charge is 0.419 e. The zero-order valence-electron chi connectivity index (χ0n) is 17.8. The van der Waals surface area contributed by atoms with E-state index < -0.39 is 17.8 Å². The van der Waals surface area contributed by atoms with E-state index in [1.165, 1.54) is 26.1 Å². The molecule has 33 heavy (non-hydrogen) atoms. The quantitative estimate of drug-likeness (QED) is 0.457. The van der Waals surface area contributed by atoms with Crippen LogP contribution < -0.4 is 16.0 Å². The van der Waals surface area contributed by atoms with E-state index in [-0.39, 0.29) is 23.2 Å². The van der Waals surface area contributed by atoms with Crippen molar-refractivity contribution in [3.8, 4) is 11.3 Å². The van der Waals surface area contributed by atoms with Gasteiger partial charge in [-0.15, -0.1) is 0 Å². The van der Waals surface area contributed by atoms with Crippen LogP contribution in [0.15, 0.2) is 30.6 Å². The SMILES string of the molecule is COC(=O)Nc1ccc2c(-c3nc(N[C@H]4CCC5(CC5)NC4)ncc3C(F)(F)F)c[nH]c2c1. The van der Waals surface area contributed by atoms with Gasteiger partial charge in [0.15, 0.2) is 0 Å². The van der Waals surface area contributed by atoms with Gasteiger partial charge in [-0.25, -0.2) is 14.8 Å². The lowest BCUT2D eigenvalue weighted by atomic mass is 9.99. The second-order valence-electron chi connectivity index (χ2n) is 8.57. The molecule has 0 unspecified atom stereocenters. The van der Waals surface area contributed by atoms with Gasteiger partial charge in [0.1, 0.15) is 5.56 Å². The number of carbonyl (C=O) groups excluding carboxylic acids is 1. The zero-order chi connectivity index (χ0) is 23.2. The van der Waals surface area contributed by atoms with Gasteiger partial charge in [0.25, 0.3) is 0 Å². The molecule has 1 saturated carbocycles. The van der Waals surface area contributed by atoms with Gasteiger partial charge in [0.05, 0.1) is 12.8 Å². The van der Waals surface area contributed by atoms with Crippen LogP contribution in [0.1, 0.15) is 31.2 Å². The predicted octanol–water partition coefficient (Wildman–Crippen LogP) is 4.52. The van der Waals surface area contributed by atoms with Crippen LogP contribution in [-0.4, -0.2) is 46.3 Å². The first-order valence-electron chi connectivity index (χ1n) is 10.7. The van der Waals surface area contributed by atoms with Gasteiger partial charge in [-0.05, 0) is 37.8 Å². The number of hydrogen-bond donors (Lipinski definition) is 4. The van der Waals surface area contributed by atoms with E-state index in [2.05, 4.69) is 35.6 Å². The van der Waals surface area contributed by atoms with Crippen LogP contribution in [0.2, 0.25) is 0 Å². The molecule has 4 N–H and O–H groups in total. The van der Waals surface area contributed by atoms with E-state index >= 15 is 0 Å². The molecule has 1 aliphatic heterocycles. The van der Waals surface area contributed by atoms with E-state index in [0.29, 0.717) is 22.2 Å². The number of H-pyrrole nitrogens is 1. The Morgan fingerprint density at radius 3 is 2.76 bits per heavy atom. The van der Waals surface area contributed by atoms with Gasteiger partial charge in [-0.3, -0.25) is 5.32 Å².